The van der Waals surface area contributed by atoms with Gasteiger partial charge in [0.25, 0.3) is 5.91 Å². The Bertz CT molecular complexity index is 1280. The topological polar surface area (TPSA) is 97.6 Å². The fourth-order valence-corrected chi connectivity index (χ4v) is 3.22. The number of rotatable bonds is 9. The van der Waals surface area contributed by atoms with E-state index >= 15 is 0 Å². The van der Waals surface area contributed by atoms with Crippen LogP contribution in [-0.4, -0.2) is 25.6 Å². The van der Waals surface area contributed by atoms with Crippen LogP contribution in [0.25, 0.3) is 6.08 Å². The van der Waals surface area contributed by atoms with Gasteiger partial charge >= 0.3 is 5.97 Å². The van der Waals surface area contributed by atoms with Crippen molar-refractivity contribution < 1.29 is 23.8 Å². The Morgan fingerprint density at radius 3 is 2.46 bits per heavy atom. The van der Waals surface area contributed by atoms with Gasteiger partial charge in [-0.25, -0.2) is 4.79 Å². The highest BCUT2D eigenvalue weighted by atomic mass is 16.6. The standard InChI is InChI=1S/C28H26N2O5/c1-19-8-7-11-24(20(19)2)34-18-27(31)35-25-13-12-22(15-26(25)33-3)14-23(16-29)28(32)30-17-21-9-5-4-6-10-21/h4-15H,17-18H2,1-3H3,(H,30,32)/b23-14+. The monoisotopic (exact) mass is 470 g/mol. The molecule has 178 valence electrons. The summed E-state index contributed by atoms with van der Waals surface area (Å²) in [5.74, 6) is 0.0101. The Morgan fingerprint density at radius 1 is 0.971 bits per heavy atom. The number of hydrogen-bond acceptors (Lipinski definition) is 6. The van der Waals surface area contributed by atoms with Crippen molar-refractivity contribution in [1.82, 2.24) is 5.32 Å². The predicted molar refractivity (Wildman–Crippen MR) is 132 cm³/mol. The molecule has 0 bridgehead atoms. The lowest BCUT2D eigenvalue weighted by atomic mass is 10.1. The average molecular weight is 471 g/mol. The molecule has 0 radical (unpaired) electrons. The van der Waals surface area contributed by atoms with Crippen molar-refractivity contribution in [3.63, 3.8) is 0 Å². The van der Waals surface area contributed by atoms with Gasteiger partial charge in [0.15, 0.2) is 18.1 Å². The summed E-state index contributed by atoms with van der Waals surface area (Å²) in [6.45, 7) is 3.92. The summed E-state index contributed by atoms with van der Waals surface area (Å²) in [5.41, 5.74) is 3.42. The van der Waals surface area contributed by atoms with Gasteiger partial charge in [0.05, 0.1) is 7.11 Å². The third kappa shape index (κ3) is 6.95. The number of nitrogens with zero attached hydrogens (tertiary/aromatic N) is 1. The molecule has 3 rings (SSSR count). The molecule has 0 aliphatic rings. The Labute approximate surface area is 204 Å². The van der Waals surface area contributed by atoms with E-state index in [1.807, 2.05) is 62.4 Å². The van der Waals surface area contributed by atoms with Crippen LogP contribution in [0.2, 0.25) is 0 Å². The SMILES string of the molecule is COc1cc(/C=C(\C#N)C(=O)NCc2ccccc2)ccc1OC(=O)COc1cccc(C)c1C. The Balaban J connectivity index is 1.65. The zero-order chi connectivity index (χ0) is 25.2. The molecule has 0 spiro atoms. The average Bonchev–Trinajstić information content (AvgIpc) is 2.88. The Hall–Kier alpha value is -4.57. The highest BCUT2D eigenvalue weighted by molar-refractivity contribution is 6.01. The molecular weight excluding hydrogens is 444 g/mol. The molecule has 0 saturated heterocycles. The number of aryl methyl sites for hydroxylation is 1. The lowest BCUT2D eigenvalue weighted by Crippen LogP contribution is -2.23. The van der Waals surface area contributed by atoms with Crippen LogP contribution >= 0.6 is 0 Å². The van der Waals surface area contributed by atoms with E-state index in [-0.39, 0.29) is 23.7 Å². The summed E-state index contributed by atoms with van der Waals surface area (Å²) in [7, 11) is 1.44. The summed E-state index contributed by atoms with van der Waals surface area (Å²) in [6.07, 6.45) is 1.44. The molecule has 1 amide bonds. The highest BCUT2D eigenvalue weighted by Gasteiger charge is 2.14. The first-order chi connectivity index (χ1) is 16.9. The first-order valence-electron chi connectivity index (χ1n) is 10.9. The van der Waals surface area contributed by atoms with Gasteiger partial charge in [0, 0.05) is 6.54 Å². The van der Waals surface area contributed by atoms with Crippen LogP contribution in [-0.2, 0) is 16.1 Å². The number of carbonyl (C=O) groups excluding carboxylic acids is 2. The van der Waals surface area contributed by atoms with Gasteiger partial charge < -0.3 is 19.5 Å². The molecule has 0 fully saturated rings. The van der Waals surface area contributed by atoms with Crippen molar-refractivity contribution in [3.05, 3.63) is 94.6 Å². The molecule has 0 aliphatic heterocycles. The van der Waals surface area contributed by atoms with Crippen LogP contribution < -0.4 is 19.5 Å². The number of esters is 1. The number of hydrogen-bond donors (Lipinski definition) is 1. The maximum Gasteiger partial charge on any atom is 0.349 e. The number of methoxy groups -OCH3 is 1. The molecule has 7 nitrogen and oxygen atoms in total. The molecule has 1 N–H and O–H groups in total. The first kappa shape index (κ1) is 25.1. The summed E-state index contributed by atoms with van der Waals surface area (Å²) >= 11 is 0. The third-order valence-corrected chi connectivity index (χ3v) is 5.28. The minimum atomic E-state index is -0.592. The van der Waals surface area contributed by atoms with Crippen LogP contribution in [0.1, 0.15) is 22.3 Å². The van der Waals surface area contributed by atoms with E-state index in [2.05, 4.69) is 5.32 Å². The van der Waals surface area contributed by atoms with E-state index in [0.717, 1.165) is 16.7 Å². The number of nitrogens with one attached hydrogen (secondary N) is 1. The van der Waals surface area contributed by atoms with Crippen molar-refractivity contribution in [2.75, 3.05) is 13.7 Å². The fourth-order valence-electron chi connectivity index (χ4n) is 3.22. The molecule has 0 aliphatic carbocycles. The van der Waals surface area contributed by atoms with Gasteiger partial charge in [0.2, 0.25) is 0 Å². The van der Waals surface area contributed by atoms with Gasteiger partial charge in [-0.1, -0.05) is 48.5 Å². The second kappa shape index (κ2) is 12.1. The lowest BCUT2D eigenvalue weighted by Gasteiger charge is -2.12. The summed E-state index contributed by atoms with van der Waals surface area (Å²) in [5, 5.41) is 12.2. The summed E-state index contributed by atoms with van der Waals surface area (Å²) in [6, 6.07) is 21.7. The first-order valence-corrected chi connectivity index (χ1v) is 10.9. The van der Waals surface area contributed by atoms with Crippen molar-refractivity contribution in [2.24, 2.45) is 0 Å². The lowest BCUT2D eigenvalue weighted by molar-refractivity contribution is -0.136. The number of ether oxygens (including phenoxy) is 3. The van der Waals surface area contributed by atoms with Gasteiger partial charge in [0.1, 0.15) is 17.4 Å². The predicted octanol–water partition coefficient (Wildman–Crippen LogP) is 4.52. The van der Waals surface area contributed by atoms with Crippen molar-refractivity contribution in [3.8, 4) is 23.3 Å². The maximum atomic E-state index is 12.4. The van der Waals surface area contributed by atoms with Gasteiger partial charge in [-0.05, 0) is 60.4 Å². The number of amides is 1. The molecule has 7 heteroatoms. The zero-order valence-corrected chi connectivity index (χ0v) is 19.8. The van der Waals surface area contributed by atoms with Crippen molar-refractivity contribution in [1.29, 1.82) is 5.26 Å². The molecule has 0 aromatic heterocycles. The van der Waals surface area contributed by atoms with Crippen molar-refractivity contribution >= 4 is 18.0 Å². The highest BCUT2D eigenvalue weighted by Crippen LogP contribution is 2.29. The quantitative estimate of drug-likeness (QED) is 0.214. The summed E-state index contributed by atoms with van der Waals surface area (Å²) in [4.78, 5) is 24.8. The van der Waals surface area contributed by atoms with E-state index in [1.54, 1.807) is 18.2 Å². The van der Waals surface area contributed by atoms with Crippen LogP contribution in [0.4, 0.5) is 0 Å². The molecule has 3 aromatic rings. The number of benzene rings is 3. The van der Waals surface area contributed by atoms with Crippen LogP contribution in [0, 0.1) is 25.2 Å². The Kier molecular flexibility index (Phi) is 8.63. The van der Waals surface area contributed by atoms with Gasteiger partial charge in [-0.2, -0.15) is 5.26 Å². The van der Waals surface area contributed by atoms with Crippen LogP contribution in [0.5, 0.6) is 17.2 Å². The molecule has 0 saturated carbocycles. The van der Waals surface area contributed by atoms with Crippen LogP contribution in [0.15, 0.2) is 72.3 Å². The van der Waals surface area contributed by atoms with E-state index in [4.69, 9.17) is 14.2 Å². The minimum Gasteiger partial charge on any atom is -0.493 e. The molecular formula is C28H26N2O5. The van der Waals surface area contributed by atoms with E-state index in [9.17, 15) is 14.9 Å². The second-order valence-corrected chi connectivity index (χ2v) is 7.71. The smallest absolute Gasteiger partial charge is 0.349 e. The fraction of sp³-hybridized carbons (Fsp3) is 0.179. The van der Waals surface area contributed by atoms with Crippen LogP contribution in [0.3, 0.4) is 0 Å². The molecule has 3 aromatic carbocycles. The van der Waals surface area contributed by atoms with E-state index in [0.29, 0.717) is 17.9 Å². The second-order valence-electron chi connectivity index (χ2n) is 7.71. The molecule has 0 atom stereocenters. The molecule has 0 unspecified atom stereocenters. The Morgan fingerprint density at radius 2 is 1.74 bits per heavy atom. The number of nitriles is 1. The van der Waals surface area contributed by atoms with Crippen molar-refractivity contribution in [2.45, 2.75) is 20.4 Å². The van der Waals surface area contributed by atoms with E-state index in [1.165, 1.54) is 19.3 Å². The van der Waals surface area contributed by atoms with Gasteiger partial charge in [-0.15, -0.1) is 0 Å². The minimum absolute atomic E-state index is 0.0605. The largest absolute Gasteiger partial charge is 0.493 e. The summed E-state index contributed by atoms with van der Waals surface area (Å²) < 4.78 is 16.3. The van der Waals surface area contributed by atoms with E-state index < -0.39 is 11.9 Å². The van der Waals surface area contributed by atoms with Gasteiger partial charge in [-0.3, -0.25) is 4.79 Å². The zero-order valence-electron chi connectivity index (χ0n) is 19.8. The maximum absolute atomic E-state index is 12.4. The third-order valence-electron chi connectivity index (χ3n) is 5.28. The normalized spacial score (nSPS) is 10.7. The number of carbonyl (C=O) groups is 2. The molecule has 35 heavy (non-hydrogen) atoms. The molecule has 0 heterocycles.